The lowest BCUT2D eigenvalue weighted by molar-refractivity contribution is 0.755. The third-order valence-corrected chi connectivity index (χ3v) is 2.72. The van der Waals surface area contributed by atoms with E-state index >= 15 is 0 Å². The largest absolute Gasteiger partial charge is 0.383 e. The van der Waals surface area contributed by atoms with E-state index in [1.54, 1.807) is 0 Å². The van der Waals surface area contributed by atoms with Crippen molar-refractivity contribution in [3.05, 3.63) is 17.1 Å². The van der Waals surface area contributed by atoms with Crippen LogP contribution in [0.2, 0.25) is 0 Å². The number of hydrogen-bond acceptors (Lipinski definition) is 3. The van der Waals surface area contributed by atoms with Gasteiger partial charge in [0.25, 0.3) is 0 Å². The van der Waals surface area contributed by atoms with Crippen LogP contribution >= 0.6 is 0 Å². The number of rotatable bonds is 2. The quantitative estimate of drug-likeness (QED) is 0.780. The smallest absolute Gasteiger partial charge is 0.133 e. The van der Waals surface area contributed by atoms with Crippen molar-refractivity contribution in [3.8, 4) is 0 Å². The highest BCUT2D eigenvalue weighted by Crippen LogP contribution is 2.41. The van der Waals surface area contributed by atoms with Crippen LogP contribution in [-0.2, 0) is 0 Å². The molecule has 1 aromatic heterocycles. The van der Waals surface area contributed by atoms with Gasteiger partial charge in [-0.25, -0.2) is 9.97 Å². The second-order valence-corrected chi connectivity index (χ2v) is 4.41. The molecule has 0 aromatic carbocycles. The van der Waals surface area contributed by atoms with Gasteiger partial charge < -0.3 is 5.73 Å². The highest BCUT2D eigenvalue weighted by molar-refractivity contribution is 5.43. The Morgan fingerprint density at radius 1 is 1.29 bits per heavy atom. The Balaban J connectivity index is 2.46. The van der Waals surface area contributed by atoms with Crippen LogP contribution in [0.3, 0.4) is 0 Å². The maximum Gasteiger partial charge on any atom is 0.133 e. The van der Waals surface area contributed by atoms with Crippen LogP contribution in [0.15, 0.2) is 0 Å². The normalized spacial score (nSPS) is 16.3. The number of nitrogen functional groups attached to an aromatic ring is 1. The van der Waals surface area contributed by atoms with E-state index in [2.05, 4.69) is 23.8 Å². The number of anilines is 1. The monoisotopic (exact) mass is 191 g/mol. The summed E-state index contributed by atoms with van der Waals surface area (Å²) >= 11 is 0. The minimum Gasteiger partial charge on any atom is -0.383 e. The van der Waals surface area contributed by atoms with Crippen LogP contribution in [0.1, 0.15) is 55.6 Å². The molecule has 1 aliphatic rings. The summed E-state index contributed by atoms with van der Waals surface area (Å²) in [6.07, 6.45) is 2.52. The molecule has 3 nitrogen and oxygen atoms in total. The molecule has 0 amide bonds. The number of aromatic nitrogens is 2. The lowest BCUT2D eigenvalue weighted by Gasteiger charge is -2.10. The summed E-state index contributed by atoms with van der Waals surface area (Å²) in [5, 5.41) is 0. The zero-order chi connectivity index (χ0) is 10.3. The van der Waals surface area contributed by atoms with Gasteiger partial charge in [-0.15, -0.1) is 0 Å². The van der Waals surface area contributed by atoms with Gasteiger partial charge >= 0.3 is 0 Å². The second kappa shape index (κ2) is 3.23. The Morgan fingerprint density at radius 3 is 2.43 bits per heavy atom. The molecule has 0 atom stereocenters. The zero-order valence-electron chi connectivity index (χ0n) is 9.04. The van der Waals surface area contributed by atoms with Crippen molar-refractivity contribution < 1.29 is 0 Å². The third kappa shape index (κ3) is 1.59. The topological polar surface area (TPSA) is 51.8 Å². The van der Waals surface area contributed by atoms with Crippen LogP contribution in [0.25, 0.3) is 0 Å². The van der Waals surface area contributed by atoms with Crippen molar-refractivity contribution in [2.24, 2.45) is 0 Å². The van der Waals surface area contributed by atoms with Crippen LogP contribution in [0, 0.1) is 6.92 Å². The minimum absolute atomic E-state index is 0.357. The molecule has 0 spiro atoms. The van der Waals surface area contributed by atoms with Gasteiger partial charge in [0, 0.05) is 17.4 Å². The predicted octanol–water partition coefficient (Wildman–Crippen LogP) is 2.37. The molecule has 1 fully saturated rings. The van der Waals surface area contributed by atoms with E-state index in [0.717, 1.165) is 11.4 Å². The highest BCUT2D eigenvalue weighted by Gasteiger charge is 2.28. The molecule has 0 saturated heterocycles. The van der Waals surface area contributed by atoms with Crippen molar-refractivity contribution in [2.45, 2.75) is 45.4 Å². The molecule has 0 aliphatic heterocycles. The molecule has 0 bridgehead atoms. The molecule has 3 heteroatoms. The fraction of sp³-hybridized carbons (Fsp3) is 0.636. The minimum atomic E-state index is 0.357. The molecule has 2 rings (SSSR count). The van der Waals surface area contributed by atoms with Gasteiger partial charge in [0.15, 0.2) is 0 Å². The Kier molecular flexibility index (Phi) is 2.17. The Bertz CT molecular complexity index is 354. The summed E-state index contributed by atoms with van der Waals surface area (Å²) in [7, 11) is 0. The maximum absolute atomic E-state index is 5.87. The van der Waals surface area contributed by atoms with Crippen LogP contribution in [-0.4, -0.2) is 9.97 Å². The first-order valence-electron chi connectivity index (χ1n) is 5.23. The molecule has 1 saturated carbocycles. The van der Waals surface area contributed by atoms with Gasteiger partial charge in [-0.05, 0) is 19.8 Å². The van der Waals surface area contributed by atoms with Gasteiger partial charge in [0.05, 0.1) is 5.69 Å². The Morgan fingerprint density at radius 2 is 1.93 bits per heavy atom. The first-order valence-corrected chi connectivity index (χ1v) is 5.23. The van der Waals surface area contributed by atoms with Crippen LogP contribution < -0.4 is 5.73 Å². The van der Waals surface area contributed by atoms with Crippen molar-refractivity contribution >= 4 is 5.82 Å². The van der Waals surface area contributed by atoms with Crippen molar-refractivity contribution in [1.29, 1.82) is 0 Å². The van der Waals surface area contributed by atoms with E-state index in [9.17, 15) is 0 Å². The summed E-state index contributed by atoms with van der Waals surface area (Å²) < 4.78 is 0. The molecule has 1 aromatic rings. The fourth-order valence-electron chi connectivity index (χ4n) is 1.58. The third-order valence-electron chi connectivity index (χ3n) is 2.72. The lowest BCUT2D eigenvalue weighted by Crippen LogP contribution is -2.07. The maximum atomic E-state index is 5.87. The van der Waals surface area contributed by atoms with Gasteiger partial charge in [0.2, 0.25) is 0 Å². The SMILES string of the molecule is Cc1c(N)nc(C(C)C)nc1C1CC1. The Labute approximate surface area is 84.8 Å². The van der Waals surface area contributed by atoms with Crippen LogP contribution in [0.4, 0.5) is 5.82 Å². The first-order chi connectivity index (χ1) is 6.59. The Hall–Kier alpha value is -1.12. The number of nitrogens with two attached hydrogens (primary N) is 1. The number of hydrogen-bond donors (Lipinski definition) is 1. The fourth-order valence-corrected chi connectivity index (χ4v) is 1.58. The van der Waals surface area contributed by atoms with Gasteiger partial charge in [-0.2, -0.15) is 0 Å². The zero-order valence-corrected chi connectivity index (χ0v) is 9.04. The lowest BCUT2D eigenvalue weighted by atomic mass is 10.1. The van der Waals surface area contributed by atoms with Crippen molar-refractivity contribution in [3.63, 3.8) is 0 Å². The van der Waals surface area contributed by atoms with Gasteiger partial charge in [-0.3, -0.25) is 0 Å². The van der Waals surface area contributed by atoms with E-state index < -0.39 is 0 Å². The van der Waals surface area contributed by atoms with Crippen LogP contribution in [0.5, 0.6) is 0 Å². The van der Waals surface area contributed by atoms with Crippen molar-refractivity contribution in [1.82, 2.24) is 9.97 Å². The van der Waals surface area contributed by atoms with E-state index in [1.807, 2.05) is 6.92 Å². The molecule has 1 aliphatic carbocycles. The summed E-state index contributed by atoms with van der Waals surface area (Å²) in [5.41, 5.74) is 8.14. The summed E-state index contributed by atoms with van der Waals surface area (Å²) in [4.78, 5) is 8.91. The molecular formula is C11H17N3. The summed E-state index contributed by atoms with van der Waals surface area (Å²) in [6, 6.07) is 0. The average molecular weight is 191 g/mol. The highest BCUT2D eigenvalue weighted by atomic mass is 15.0. The molecular weight excluding hydrogens is 174 g/mol. The molecule has 1 heterocycles. The summed E-state index contributed by atoms with van der Waals surface area (Å²) in [6.45, 7) is 6.22. The average Bonchev–Trinajstić information content (AvgIpc) is 2.92. The van der Waals surface area contributed by atoms with E-state index in [-0.39, 0.29) is 0 Å². The van der Waals surface area contributed by atoms with E-state index in [4.69, 9.17) is 5.73 Å². The molecule has 76 valence electrons. The van der Waals surface area contributed by atoms with Crippen molar-refractivity contribution in [2.75, 3.05) is 5.73 Å². The molecule has 2 N–H and O–H groups in total. The van der Waals surface area contributed by atoms with E-state index in [0.29, 0.717) is 17.7 Å². The first kappa shape index (κ1) is 9.44. The predicted molar refractivity (Wildman–Crippen MR) is 57.2 cm³/mol. The molecule has 0 unspecified atom stereocenters. The molecule has 0 radical (unpaired) electrons. The van der Waals surface area contributed by atoms with Gasteiger partial charge in [-0.1, -0.05) is 13.8 Å². The van der Waals surface area contributed by atoms with E-state index in [1.165, 1.54) is 18.5 Å². The number of nitrogens with zero attached hydrogens (tertiary/aromatic N) is 2. The second-order valence-electron chi connectivity index (χ2n) is 4.41. The molecule has 14 heavy (non-hydrogen) atoms. The standard InChI is InChI=1S/C11H17N3/c1-6(2)11-13-9(8-4-5-8)7(3)10(12)14-11/h6,8H,4-5H2,1-3H3,(H2,12,13,14). The van der Waals surface area contributed by atoms with Gasteiger partial charge in [0.1, 0.15) is 11.6 Å². The summed E-state index contributed by atoms with van der Waals surface area (Å²) in [5.74, 6) is 2.55.